The fraction of sp³-hybridized carbons (Fsp3) is 0.0667. The van der Waals surface area contributed by atoms with Crippen molar-refractivity contribution in [2.45, 2.75) is 6.82 Å². The second-order valence-electron chi connectivity index (χ2n) is 4.37. The quantitative estimate of drug-likeness (QED) is 0.600. The van der Waals surface area contributed by atoms with Crippen molar-refractivity contribution < 1.29 is 0 Å². The van der Waals surface area contributed by atoms with Gasteiger partial charge in [-0.15, -0.1) is 0 Å². The van der Waals surface area contributed by atoms with Gasteiger partial charge in [0.1, 0.15) is 0 Å². The Labute approximate surface area is 106 Å². The Bertz CT molecular complexity index is 799. The molecule has 0 aliphatic heterocycles. The van der Waals surface area contributed by atoms with Gasteiger partial charge in [0.15, 0.2) is 12.7 Å². The summed E-state index contributed by atoms with van der Waals surface area (Å²) in [7, 11) is 0.935. The number of pyridine rings is 1. The number of hydrogen-bond donors (Lipinski definition) is 0. The molecular formula is C15H12BNO. The van der Waals surface area contributed by atoms with Crippen molar-refractivity contribution in [3.05, 3.63) is 58.9 Å². The highest BCUT2D eigenvalue weighted by atomic mass is 16.1. The summed E-state index contributed by atoms with van der Waals surface area (Å²) in [5.41, 5.74) is 1.99. The van der Waals surface area contributed by atoms with E-state index in [1.165, 1.54) is 5.46 Å². The molecule has 0 radical (unpaired) electrons. The standard InChI is InChI=1S/C15H12BNO/c1-16-11-6-4-10-5-7-14-12(3-2-8-17-14)15(18)13(10)9-11/h2-9,16H,1H3. The molecule has 1 aromatic heterocycles. The van der Waals surface area contributed by atoms with Gasteiger partial charge >= 0.3 is 0 Å². The third kappa shape index (κ3) is 1.68. The molecule has 0 atom stereocenters. The highest BCUT2D eigenvalue weighted by Crippen LogP contribution is 2.12. The highest BCUT2D eigenvalue weighted by molar-refractivity contribution is 6.52. The number of hydrogen-bond acceptors (Lipinski definition) is 2. The number of benzene rings is 1. The minimum Gasteiger partial charge on any atom is -0.289 e. The van der Waals surface area contributed by atoms with Gasteiger partial charge in [-0.1, -0.05) is 36.6 Å². The summed E-state index contributed by atoms with van der Waals surface area (Å²) in [5, 5.41) is 2.42. The van der Waals surface area contributed by atoms with Crippen molar-refractivity contribution in [2.24, 2.45) is 0 Å². The van der Waals surface area contributed by atoms with Crippen LogP contribution < -0.4 is 10.9 Å². The van der Waals surface area contributed by atoms with Crippen LogP contribution in [0.15, 0.2) is 53.5 Å². The fourth-order valence-corrected chi connectivity index (χ4v) is 2.22. The molecule has 1 heterocycles. The smallest absolute Gasteiger partial charge is 0.195 e. The lowest BCUT2D eigenvalue weighted by Crippen LogP contribution is -2.11. The molecule has 0 fully saturated rings. The van der Waals surface area contributed by atoms with Crippen LogP contribution >= 0.6 is 0 Å². The Morgan fingerprint density at radius 1 is 1.06 bits per heavy atom. The van der Waals surface area contributed by atoms with E-state index in [0.29, 0.717) is 5.39 Å². The lowest BCUT2D eigenvalue weighted by molar-refractivity contribution is 1.42. The Kier molecular flexibility index (Phi) is 2.60. The first-order chi connectivity index (χ1) is 8.79. The van der Waals surface area contributed by atoms with Crippen molar-refractivity contribution in [1.29, 1.82) is 0 Å². The van der Waals surface area contributed by atoms with E-state index in [-0.39, 0.29) is 5.43 Å². The molecule has 3 heteroatoms. The van der Waals surface area contributed by atoms with E-state index in [2.05, 4.69) is 17.9 Å². The Morgan fingerprint density at radius 3 is 2.72 bits per heavy atom. The molecule has 0 amide bonds. The van der Waals surface area contributed by atoms with E-state index in [1.54, 1.807) is 12.3 Å². The minimum atomic E-state index is 0.0633. The summed E-state index contributed by atoms with van der Waals surface area (Å²) < 4.78 is 0. The van der Waals surface area contributed by atoms with E-state index in [9.17, 15) is 4.79 Å². The summed E-state index contributed by atoms with van der Waals surface area (Å²) >= 11 is 0. The molecule has 18 heavy (non-hydrogen) atoms. The average Bonchev–Trinajstić information content (AvgIpc) is 2.57. The maximum atomic E-state index is 12.5. The van der Waals surface area contributed by atoms with Gasteiger partial charge in [0.05, 0.1) is 5.52 Å². The topological polar surface area (TPSA) is 30.0 Å². The van der Waals surface area contributed by atoms with Crippen LogP contribution in [0.4, 0.5) is 0 Å². The molecule has 0 aliphatic carbocycles. The zero-order valence-corrected chi connectivity index (χ0v) is 10.2. The van der Waals surface area contributed by atoms with Gasteiger partial charge in [-0.3, -0.25) is 9.78 Å². The van der Waals surface area contributed by atoms with Gasteiger partial charge in [-0.05, 0) is 23.6 Å². The van der Waals surface area contributed by atoms with Gasteiger partial charge in [-0.25, -0.2) is 0 Å². The third-order valence-electron chi connectivity index (χ3n) is 3.27. The Morgan fingerprint density at radius 2 is 1.89 bits per heavy atom. The summed E-state index contributed by atoms with van der Waals surface area (Å²) in [5.74, 6) is 0. The molecule has 2 nitrogen and oxygen atoms in total. The predicted octanol–water partition coefficient (Wildman–Crippen LogP) is 1.86. The van der Waals surface area contributed by atoms with Crippen molar-refractivity contribution in [2.75, 3.05) is 0 Å². The number of rotatable bonds is 1. The molecule has 3 rings (SSSR count). The zero-order chi connectivity index (χ0) is 12.5. The van der Waals surface area contributed by atoms with Gasteiger partial charge in [0.2, 0.25) is 0 Å². The van der Waals surface area contributed by atoms with Crippen molar-refractivity contribution in [3.63, 3.8) is 0 Å². The van der Waals surface area contributed by atoms with Crippen LogP contribution in [0.3, 0.4) is 0 Å². The summed E-state index contributed by atoms with van der Waals surface area (Å²) in [6, 6.07) is 13.6. The monoisotopic (exact) mass is 233 g/mol. The molecule has 0 N–H and O–H groups in total. The van der Waals surface area contributed by atoms with Crippen LogP contribution in [-0.2, 0) is 0 Å². The maximum Gasteiger partial charge on any atom is 0.195 e. The first-order valence-corrected chi connectivity index (χ1v) is 6.10. The van der Waals surface area contributed by atoms with E-state index >= 15 is 0 Å². The molecule has 0 bridgehead atoms. The van der Waals surface area contributed by atoms with Crippen LogP contribution in [-0.4, -0.2) is 12.3 Å². The first kappa shape index (κ1) is 11.0. The van der Waals surface area contributed by atoms with E-state index in [4.69, 9.17) is 0 Å². The number of aromatic nitrogens is 1. The Balaban J connectivity index is 2.56. The van der Waals surface area contributed by atoms with Crippen LogP contribution in [0.1, 0.15) is 0 Å². The highest BCUT2D eigenvalue weighted by Gasteiger charge is 2.03. The van der Waals surface area contributed by atoms with Crippen LogP contribution in [0.5, 0.6) is 0 Å². The lowest BCUT2D eigenvalue weighted by Gasteiger charge is -1.96. The summed E-state index contributed by atoms with van der Waals surface area (Å²) in [6.07, 6.45) is 1.71. The van der Waals surface area contributed by atoms with Gasteiger partial charge in [-0.2, -0.15) is 0 Å². The van der Waals surface area contributed by atoms with Crippen LogP contribution in [0.25, 0.3) is 21.7 Å². The number of nitrogens with zero attached hydrogens (tertiary/aromatic N) is 1. The van der Waals surface area contributed by atoms with Crippen LogP contribution in [0, 0.1) is 0 Å². The van der Waals surface area contributed by atoms with Gasteiger partial charge in [0, 0.05) is 17.0 Å². The molecule has 0 spiro atoms. The number of fused-ring (bicyclic) bond motifs is 2. The van der Waals surface area contributed by atoms with E-state index in [1.807, 2.05) is 30.3 Å². The Hall–Kier alpha value is -2.16. The van der Waals surface area contributed by atoms with E-state index < -0.39 is 0 Å². The SMILES string of the molecule is CBc1ccc2ccc3ncccc3c(=O)c2c1. The molecule has 3 aromatic rings. The maximum absolute atomic E-state index is 12.5. The lowest BCUT2D eigenvalue weighted by atomic mass is 9.73. The molecule has 0 unspecified atom stereocenters. The molecule has 0 saturated heterocycles. The molecular weight excluding hydrogens is 221 g/mol. The van der Waals surface area contributed by atoms with Gasteiger partial charge in [0.25, 0.3) is 0 Å². The minimum absolute atomic E-state index is 0.0633. The largest absolute Gasteiger partial charge is 0.289 e. The molecule has 0 saturated carbocycles. The van der Waals surface area contributed by atoms with Gasteiger partial charge < -0.3 is 0 Å². The van der Waals surface area contributed by atoms with E-state index in [0.717, 1.165) is 23.6 Å². The van der Waals surface area contributed by atoms with Crippen molar-refractivity contribution >= 4 is 34.4 Å². The fourth-order valence-electron chi connectivity index (χ4n) is 2.22. The zero-order valence-electron chi connectivity index (χ0n) is 10.2. The molecule has 0 aliphatic rings. The summed E-state index contributed by atoms with van der Waals surface area (Å²) in [6.45, 7) is 2.09. The second-order valence-corrected chi connectivity index (χ2v) is 4.37. The first-order valence-electron chi connectivity index (χ1n) is 6.10. The second kappa shape index (κ2) is 4.26. The van der Waals surface area contributed by atoms with Crippen LogP contribution in [0.2, 0.25) is 6.82 Å². The summed E-state index contributed by atoms with van der Waals surface area (Å²) in [4.78, 5) is 16.8. The van der Waals surface area contributed by atoms with Crippen molar-refractivity contribution in [1.82, 2.24) is 4.98 Å². The predicted molar refractivity (Wildman–Crippen MR) is 78.2 cm³/mol. The molecule has 86 valence electrons. The van der Waals surface area contributed by atoms with Crippen molar-refractivity contribution in [3.8, 4) is 0 Å². The third-order valence-corrected chi connectivity index (χ3v) is 3.27. The molecule has 2 aromatic carbocycles. The average molecular weight is 233 g/mol. The normalized spacial score (nSPS) is 10.7.